The lowest BCUT2D eigenvalue weighted by Crippen LogP contribution is -2.14. The van der Waals surface area contributed by atoms with Gasteiger partial charge in [0, 0.05) is 33.3 Å². The molecule has 0 heterocycles. The van der Waals surface area contributed by atoms with Crippen LogP contribution in [-0.4, -0.2) is 0 Å². The zero-order chi connectivity index (χ0) is 63.0. The Bertz CT molecular complexity index is 4540. The fraction of sp³-hybridized carbons (Fsp3) is 0.0154. The third-order valence-electron chi connectivity index (χ3n) is 12.2. The molecular weight excluding hydrogens is 847 g/mol. The standard InChI is InChI=1S/C65H44F2N2/c1-43-19-17-18-30-53(43)50-40-57(46-24-11-4-12-25-46)65(59(67)42-50)69(52-28-15-6-16-29-52)61-38-34-48-31-35-54-60(37-33-47-32-36-55(61)63(48)62(47)54)68(51-26-13-5-14-27-51)64-56(45-22-9-3-10-23-45)39-49(41-58(64)66)44-20-7-2-8-21-44/h2-42H,1H3/i2D,3D,4D,7D,8D,9D,10D,11D,12D,17D,18D,19D,20D,21D,22D,23D,24D,25D,30D. The van der Waals surface area contributed by atoms with Gasteiger partial charge in [0.25, 0.3) is 0 Å². The van der Waals surface area contributed by atoms with Crippen LogP contribution in [-0.2, 0) is 0 Å². The molecule has 0 aliphatic rings. The average molecular weight is 910 g/mol. The summed E-state index contributed by atoms with van der Waals surface area (Å²) in [6.45, 7) is 1.45. The number of rotatable bonds is 10. The molecule has 0 N–H and O–H groups in total. The van der Waals surface area contributed by atoms with E-state index in [2.05, 4.69) is 0 Å². The van der Waals surface area contributed by atoms with Crippen molar-refractivity contribution in [3.05, 3.63) is 265 Å². The maximum Gasteiger partial charge on any atom is 0.148 e. The summed E-state index contributed by atoms with van der Waals surface area (Å²) < 4.78 is 203. The molecule has 0 saturated carbocycles. The normalized spacial score (nSPS) is 15.3. The third kappa shape index (κ3) is 7.34. The highest BCUT2D eigenvalue weighted by Crippen LogP contribution is 2.52. The SMILES string of the molecule is [2H]c1c([2H])c([2H])c(-c2cc(F)c(N(c3ccccc3)c3ccc4ccc5c(N(c6ccccc6)c6c(F)cc(-c7c([2H])c([2H])c([2H])c([2H])c7C)cc6-c6c([2H])c([2H])c([2H])c([2H])c6[2H])ccc6ccc3c4c65)c(-c3c([2H])c([2H])c([2H])c([2H])c3[2H])c2)c([2H])c1[2H]. The Morgan fingerprint density at radius 2 is 0.768 bits per heavy atom. The van der Waals surface area contributed by atoms with Crippen LogP contribution in [0.2, 0.25) is 0 Å². The molecule has 0 bridgehead atoms. The molecular formula is C65H44F2N2. The van der Waals surface area contributed by atoms with E-state index in [1.165, 1.54) is 24.0 Å². The Labute approximate surface area is 427 Å². The van der Waals surface area contributed by atoms with Gasteiger partial charge >= 0.3 is 0 Å². The van der Waals surface area contributed by atoms with Crippen molar-refractivity contribution in [1.29, 1.82) is 0 Å². The minimum absolute atomic E-state index is 0.0682. The lowest BCUT2D eigenvalue weighted by Gasteiger charge is -2.31. The fourth-order valence-electron chi connectivity index (χ4n) is 9.24. The summed E-state index contributed by atoms with van der Waals surface area (Å²) in [4.78, 5) is 3.06. The minimum atomic E-state index is -1.08. The van der Waals surface area contributed by atoms with Gasteiger partial charge in [0.15, 0.2) is 0 Å². The van der Waals surface area contributed by atoms with E-state index in [0.717, 1.165) is 12.1 Å². The summed E-state index contributed by atoms with van der Waals surface area (Å²) >= 11 is 0. The van der Waals surface area contributed by atoms with Crippen LogP contribution in [0.3, 0.4) is 0 Å². The second kappa shape index (κ2) is 17.4. The first kappa shape index (κ1) is 25.9. The highest BCUT2D eigenvalue weighted by Gasteiger charge is 2.28. The van der Waals surface area contributed by atoms with Gasteiger partial charge in [-0.1, -0.05) is 188 Å². The van der Waals surface area contributed by atoms with Crippen molar-refractivity contribution in [2.45, 2.75) is 6.92 Å². The lowest BCUT2D eigenvalue weighted by atomic mass is 9.90. The van der Waals surface area contributed by atoms with Crippen LogP contribution in [0.15, 0.2) is 248 Å². The number of hydrogen-bond donors (Lipinski definition) is 0. The van der Waals surface area contributed by atoms with E-state index in [9.17, 15) is 5.48 Å². The molecule has 0 unspecified atom stereocenters. The minimum Gasteiger partial charge on any atom is -0.307 e. The molecule has 12 aromatic carbocycles. The largest absolute Gasteiger partial charge is 0.307 e. The Kier molecular flexibility index (Phi) is 6.53. The number of para-hydroxylation sites is 2. The molecule has 0 aliphatic heterocycles. The van der Waals surface area contributed by atoms with Crippen LogP contribution >= 0.6 is 0 Å². The Hall–Kier alpha value is -8.86. The van der Waals surface area contributed by atoms with Gasteiger partial charge in [0.2, 0.25) is 0 Å². The molecule has 4 heteroatoms. The third-order valence-corrected chi connectivity index (χ3v) is 12.2. The molecule has 2 nitrogen and oxygen atoms in total. The Morgan fingerprint density at radius 1 is 0.362 bits per heavy atom. The summed E-state index contributed by atoms with van der Waals surface area (Å²) in [5.41, 5.74) is -1.46. The van der Waals surface area contributed by atoms with Gasteiger partial charge in [-0.15, -0.1) is 0 Å². The van der Waals surface area contributed by atoms with Gasteiger partial charge in [0.05, 0.1) is 48.8 Å². The highest BCUT2D eigenvalue weighted by molar-refractivity contribution is 6.28. The van der Waals surface area contributed by atoms with Crippen molar-refractivity contribution in [3.8, 4) is 44.5 Å². The monoisotopic (exact) mass is 909 g/mol. The Balaban J connectivity index is 1.17. The predicted octanol–water partition coefficient (Wildman–Crippen LogP) is 18.8. The van der Waals surface area contributed by atoms with Gasteiger partial charge in [-0.25, -0.2) is 8.78 Å². The number of nitrogens with zero attached hydrogens (tertiary/aromatic N) is 2. The van der Waals surface area contributed by atoms with Crippen molar-refractivity contribution in [2.24, 2.45) is 0 Å². The van der Waals surface area contributed by atoms with Crippen molar-refractivity contribution < 1.29 is 34.8 Å². The topological polar surface area (TPSA) is 6.48 Å². The van der Waals surface area contributed by atoms with Crippen LogP contribution < -0.4 is 9.80 Å². The van der Waals surface area contributed by atoms with Crippen LogP contribution in [0, 0.1) is 18.6 Å². The van der Waals surface area contributed by atoms with Crippen LogP contribution in [0.4, 0.5) is 42.9 Å². The van der Waals surface area contributed by atoms with E-state index < -0.39 is 137 Å². The van der Waals surface area contributed by atoms with Crippen molar-refractivity contribution in [1.82, 2.24) is 0 Å². The summed E-state index contributed by atoms with van der Waals surface area (Å²) in [6, 6.07) is 23.3. The molecule has 12 aromatic rings. The number of hydrogen-bond acceptors (Lipinski definition) is 2. The summed E-state index contributed by atoms with van der Waals surface area (Å²) in [5, 5.41) is 3.46. The van der Waals surface area contributed by atoms with Gasteiger partial charge < -0.3 is 9.80 Å². The molecule has 0 amide bonds. The second-order valence-corrected chi connectivity index (χ2v) is 16.1. The van der Waals surface area contributed by atoms with E-state index >= 15 is 8.78 Å². The van der Waals surface area contributed by atoms with Crippen LogP contribution in [0.5, 0.6) is 0 Å². The molecule has 0 aliphatic carbocycles. The molecule has 0 aromatic heterocycles. The average Bonchev–Trinajstić information content (AvgIpc) is 0.913. The molecule has 0 saturated heterocycles. The summed E-state index contributed by atoms with van der Waals surface area (Å²) in [6.07, 6.45) is 0. The summed E-state index contributed by atoms with van der Waals surface area (Å²) in [5.74, 6) is -2.08. The fourth-order valence-corrected chi connectivity index (χ4v) is 9.24. The van der Waals surface area contributed by atoms with Gasteiger partial charge in [0.1, 0.15) is 11.6 Å². The van der Waals surface area contributed by atoms with Gasteiger partial charge in [-0.2, -0.15) is 0 Å². The van der Waals surface area contributed by atoms with Crippen molar-refractivity contribution in [3.63, 3.8) is 0 Å². The van der Waals surface area contributed by atoms with Gasteiger partial charge in [-0.05, 0) is 128 Å². The number of anilines is 6. The summed E-state index contributed by atoms with van der Waals surface area (Å²) in [7, 11) is 0. The zero-order valence-corrected chi connectivity index (χ0v) is 36.4. The van der Waals surface area contributed by atoms with E-state index in [4.69, 9.17) is 20.6 Å². The number of benzene rings is 12. The molecule has 0 radical (unpaired) electrons. The van der Waals surface area contributed by atoms with Crippen LogP contribution in [0.1, 0.15) is 31.6 Å². The molecule has 69 heavy (non-hydrogen) atoms. The van der Waals surface area contributed by atoms with E-state index in [0.29, 0.717) is 55.1 Å². The quantitative estimate of drug-likeness (QED) is 0.126. The first-order valence-corrected chi connectivity index (χ1v) is 21.7. The number of halogens is 2. The maximum atomic E-state index is 18.3. The highest BCUT2D eigenvalue weighted by atomic mass is 19.1. The maximum absolute atomic E-state index is 18.3. The molecule has 12 rings (SSSR count). The zero-order valence-electron chi connectivity index (χ0n) is 55.4. The van der Waals surface area contributed by atoms with E-state index in [-0.39, 0.29) is 50.8 Å². The van der Waals surface area contributed by atoms with Gasteiger partial charge in [-0.3, -0.25) is 0 Å². The smallest absolute Gasteiger partial charge is 0.148 e. The predicted molar refractivity (Wildman–Crippen MR) is 286 cm³/mol. The lowest BCUT2D eigenvalue weighted by molar-refractivity contribution is 0.629. The van der Waals surface area contributed by atoms with Crippen molar-refractivity contribution in [2.75, 3.05) is 9.80 Å². The van der Waals surface area contributed by atoms with Crippen molar-refractivity contribution >= 4 is 66.4 Å². The first-order chi connectivity index (χ1) is 41.9. The van der Waals surface area contributed by atoms with E-state index in [1.54, 1.807) is 89.8 Å². The van der Waals surface area contributed by atoms with Crippen LogP contribution in [0.25, 0.3) is 76.8 Å². The molecule has 0 fully saturated rings. The Morgan fingerprint density at radius 3 is 1.26 bits per heavy atom. The second-order valence-electron chi connectivity index (χ2n) is 16.1. The molecule has 328 valence electrons. The molecule has 0 atom stereocenters. The molecule has 0 spiro atoms. The van der Waals surface area contributed by atoms with E-state index in [1.807, 2.05) is 24.3 Å². The first-order valence-electron chi connectivity index (χ1n) is 31.2.